The Balaban J connectivity index is 4.46. The Bertz CT molecular complexity index is 254. The summed E-state index contributed by atoms with van der Waals surface area (Å²) in [6.45, 7) is 11.2. The minimum atomic E-state index is -0.772. The van der Waals surface area contributed by atoms with Crippen LogP contribution in [0.5, 0.6) is 0 Å². The van der Waals surface area contributed by atoms with Gasteiger partial charge in [0, 0.05) is 12.1 Å². The molecule has 18 heavy (non-hydrogen) atoms. The van der Waals surface area contributed by atoms with Crippen LogP contribution in [0.2, 0.25) is 0 Å². The molecule has 0 heterocycles. The number of hydrogen-bond donors (Lipinski definition) is 2. The molecule has 0 spiro atoms. The van der Waals surface area contributed by atoms with Gasteiger partial charge in [0.1, 0.15) is 5.54 Å². The molecule has 0 aromatic carbocycles. The molecule has 1 atom stereocenters. The van der Waals surface area contributed by atoms with E-state index in [9.17, 15) is 9.90 Å². The molecule has 0 aliphatic rings. The number of carbonyl (C=O) groups is 1. The molecule has 4 nitrogen and oxygen atoms in total. The third-order valence-electron chi connectivity index (χ3n) is 3.57. The van der Waals surface area contributed by atoms with Gasteiger partial charge in [0.2, 0.25) is 0 Å². The fourth-order valence-electron chi connectivity index (χ4n) is 2.11. The highest BCUT2D eigenvalue weighted by molar-refractivity contribution is 5.78. The lowest BCUT2D eigenvalue weighted by Gasteiger charge is -2.32. The second kappa shape index (κ2) is 7.74. The van der Waals surface area contributed by atoms with E-state index < -0.39 is 11.5 Å². The van der Waals surface area contributed by atoms with Crippen LogP contribution in [-0.2, 0) is 4.79 Å². The number of aliphatic carboxylic acids is 1. The molecule has 0 rings (SSSR count). The zero-order chi connectivity index (χ0) is 14.3. The second-order valence-corrected chi connectivity index (χ2v) is 5.72. The minimum Gasteiger partial charge on any atom is -0.480 e. The van der Waals surface area contributed by atoms with Crippen molar-refractivity contribution in [2.24, 2.45) is 0 Å². The van der Waals surface area contributed by atoms with Crippen molar-refractivity contribution in [3.63, 3.8) is 0 Å². The van der Waals surface area contributed by atoms with Gasteiger partial charge in [-0.3, -0.25) is 10.1 Å². The standard InChI is InChI=1S/C14H30N2O2/c1-7-14(13(17)18,15-11(2)3)9-8-10-16(6)12(4)5/h11-12,15H,7-10H2,1-6H3,(H,17,18). The number of rotatable bonds is 9. The Morgan fingerprint density at radius 1 is 1.33 bits per heavy atom. The third-order valence-corrected chi connectivity index (χ3v) is 3.57. The van der Waals surface area contributed by atoms with Gasteiger partial charge in [-0.25, -0.2) is 0 Å². The van der Waals surface area contributed by atoms with E-state index in [0.29, 0.717) is 18.9 Å². The maximum Gasteiger partial charge on any atom is 0.323 e. The summed E-state index contributed by atoms with van der Waals surface area (Å²) < 4.78 is 0. The van der Waals surface area contributed by atoms with Gasteiger partial charge < -0.3 is 10.0 Å². The summed E-state index contributed by atoms with van der Waals surface area (Å²) in [4.78, 5) is 13.8. The Labute approximate surface area is 112 Å². The van der Waals surface area contributed by atoms with Crippen LogP contribution in [0.25, 0.3) is 0 Å². The molecular weight excluding hydrogens is 228 g/mol. The lowest BCUT2D eigenvalue weighted by Crippen LogP contribution is -2.54. The second-order valence-electron chi connectivity index (χ2n) is 5.72. The zero-order valence-electron chi connectivity index (χ0n) is 12.8. The molecular formula is C14H30N2O2. The largest absolute Gasteiger partial charge is 0.480 e. The van der Waals surface area contributed by atoms with Gasteiger partial charge in [-0.15, -0.1) is 0 Å². The molecule has 0 saturated carbocycles. The van der Waals surface area contributed by atoms with Crippen molar-refractivity contribution in [3.8, 4) is 0 Å². The summed E-state index contributed by atoms with van der Waals surface area (Å²) in [5, 5.41) is 12.7. The van der Waals surface area contributed by atoms with Gasteiger partial charge in [0.15, 0.2) is 0 Å². The van der Waals surface area contributed by atoms with Crippen molar-refractivity contribution in [2.75, 3.05) is 13.6 Å². The van der Waals surface area contributed by atoms with Gasteiger partial charge in [-0.1, -0.05) is 6.92 Å². The van der Waals surface area contributed by atoms with Gasteiger partial charge in [0.25, 0.3) is 0 Å². The molecule has 0 fully saturated rings. The van der Waals surface area contributed by atoms with Crippen LogP contribution in [0.4, 0.5) is 0 Å². The lowest BCUT2D eigenvalue weighted by molar-refractivity contribution is -0.145. The van der Waals surface area contributed by atoms with Crippen molar-refractivity contribution < 1.29 is 9.90 Å². The van der Waals surface area contributed by atoms with Crippen molar-refractivity contribution >= 4 is 5.97 Å². The van der Waals surface area contributed by atoms with Crippen molar-refractivity contribution in [1.82, 2.24) is 10.2 Å². The fraction of sp³-hybridized carbons (Fsp3) is 0.929. The first-order valence-electron chi connectivity index (χ1n) is 6.96. The van der Waals surface area contributed by atoms with E-state index in [1.54, 1.807) is 0 Å². The SMILES string of the molecule is CCC(CCCN(C)C(C)C)(NC(C)C)C(=O)O. The Morgan fingerprint density at radius 3 is 2.22 bits per heavy atom. The smallest absolute Gasteiger partial charge is 0.323 e. The summed E-state index contributed by atoms with van der Waals surface area (Å²) in [6, 6.07) is 0.688. The monoisotopic (exact) mass is 258 g/mol. The molecule has 2 N–H and O–H groups in total. The molecule has 0 aromatic rings. The van der Waals surface area contributed by atoms with Crippen molar-refractivity contribution in [3.05, 3.63) is 0 Å². The van der Waals surface area contributed by atoms with Gasteiger partial charge in [-0.05, 0) is 60.5 Å². The van der Waals surface area contributed by atoms with Crippen molar-refractivity contribution in [1.29, 1.82) is 0 Å². The van der Waals surface area contributed by atoms with Gasteiger partial charge in [-0.2, -0.15) is 0 Å². The predicted octanol–water partition coefficient (Wildman–Crippen LogP) is 2.34. The zero-order valence-corrected chi connectivity index (χ0v) is 12.8. The fourth-order valence-corrected chi connectivity index (χ4v) is 2.11. The molecule has 0 aliphatic heterocycles. The highest BCUT2D eigenvalue weighted by Gasteiger charge is 2.36. The van der Waals surface area contributed by atoms with E-state index in [1.165, 1.54) is 0 Å². The van der Waals surface area contributed by atoms with Gasteiger partial charge in [0.05, 0.1) is 0 Å². The molecule has 0 bridgehead atoms. The lowest BCUT2D eigenvalue weighted by atomic mass is 9.89. The number of hydrogen-bond acceptors (Lipinski definition) is 3. The first-order chi connectivity index (χ1) is 8.25. The third kappa shape index (κ3) is 5.36. The van der Waals surface area contributed by atoms with E-state index >= 15 is 0 Å². The molecule has 4 heteroatoms. The van der Waals surface area contributed by atoms with Gasteiger partial charge >= 0.3 is 5.97 Å². The summed E-state index contributed by atoms with van der Waals surface area (Å²) in [6.07, 6.45) is 2.19. The van der Waals surface area contributed by atoms with E-state index in [-0.39, 0.29) is 6.04 Å². The first kappa shape index (κ1) is 17.4. The quantitative estimate of drug-likeness (QED) is 0.666. The molecule has 0 aromatic heterocycles. The van der Waals surface area contributed by atoms with Crippen LogP contribution >= 0.6 is 0 Å². The van der Waals surface area contributed by atoms with Crippen LogP contribution in [0.1, 0.15) is 53.9 Å². The molecule has 108 valence electrons. The Hall–Kier alpha value is -0.610. The van der Waals surface area contributed by atoms with Crippen LogP contribution in [0.3, 0.4) is 0 Å². The van der Waals surface area contributed by atoms with Crippen LogP contribution < -0.4 is 5.32 Å². The van der Waals surface area contributed by atoms with E-state index in [2.05, 4.69) is 31.1 Å². The summed E-state index contributed by atoms with van der Waals surface area (Å²) in [5.41, 5.74) is -0.772. The first-order valence-corrected chi connectivity index (χ1v) is 6.96. The van der Waals surface area contributed by atoms with Crippen LogP contribution in [0, 0.1) is 0 Å². The Morgan fingerprint density at radius 2 is 1.89 bits per heavy atom. The Kier molecular flexibility index (Phi) is 7.48. The maximum absolute atomic E-state index is 11.5. The van der Waals surface area contributed by atoms with Crippen LogP contribution in [0.15, 0.2) is 0 Å². The number of carboxylic acids is 1. The average molecular weight is 258 g/mol. The summed E-state index contributed by atoms with van der Waals surface area (Å²) >= 11 is 0. The van der Waals surface area contributed by atoms with Crippen LogP contribution in [-0.4, -0.2) is 47.2 Å². The number of nitrogens with zero attached hydrogens (tertiary/aromatic N) is 1. The summed E-state index contributed by atoms with van der Waals surface area (Å²) in [5.74, 6) is -0.731. The number of nitrogens with one attached hydrogen (secondary N) is 1. The molecule has 0 radical (unpaired) electrons. The number of carboxylic acid groups (broad SMARTS) is 1. The highest BCUT2D eigenvalue weighted by atomic mass is 16.4. The maximum atomic E-state index is 11.5. The minimum absolute atomic E-state index is 0.184. The van der Waals surface area contributed by atoms with E-state index in [0.717, 1.165) is 13.0 Å². The highest BCUT2D eigenvalue weighted by Crippen LogP contribution is 2.19. The topological polar surface area (TPSA) is 52.6 Å². The molecule has 1 unspecified atom stereocenters. The predicted molar refractivity (Wildman–Crippen MR) is 75.9 cm³/mol. The van der Waals surface area contributed by atoms with Crippen molar-refractivity contribution in [2.45, 2.75) is 71.5 Å². The van der Waals surface area contributed by atoms with E-state index in [1.807, 2.05) is 20.8 Å². The normalized spacial score (nSPS) is 15.4. The summed E-state index contributed by atoms with van der Waals surface area (Å²) in [7, 11) is 2.08. The molecule has 0 aliphatic carbocycles. The average Bonchev–Trinajstić information content (AvgIpc) is 2.26. The molecule has 0 saturated heterocycles. The van der Waals surface area contributed by atoms with E-state index in [4.69, 9.17) is 0 Å². The molecule has 0 amide bonds.